The summed E-state index contributed by atoms with van der Waals surface area (Å²) in [5, 5.41) is 8.22. The average Bonchev–Trinajstić information content (AvgIpc) is 2.81. The Bertz CT molecular complexity index is 628. The van der Waals surface area contributed by atoms with Gasteiger partial charge >= 0.3 is 0 Å². The van der Waals surface area contributed by atoms with Gasteiger partial charge in [-0.1, -0.05) is 50.4 Å². The summed E-state index contributed by atoms with van der Waals surface area (Å²) in [6.45, 7) is 4.69. The second kappa shape index (κ2) is 5.38. The molecule has 1 heterocycles. The molecule has 0 spiro atoms. The molecule has 1 aromatic carbocycles. The smallest absolute Gasteiger partial charge is 0.153 e. The summed E-state index contributed by atoms with van der Waals surface area (Å²) in [6, 6.07) is 7.84. The fourth-order valence-electron chi connectivity index (χ4n) is 3.57. The van der Waals surface area contributed by atoms with Gasteiger partial charge in [0.1, 0.15) is 0 Å². The van der Waals surface area contributed by atoms with Gasteiger partial charge in [-0.05, 0) is 36.0 Å². The Morgan fingerprint density at radius 3 is 2.62 bits per heavy atom. The van der Waals surface area contributed by atoms with E-state index in [1.807, 2.05) is 24.3 Å². The zero-order valence-corrected chi connectivity index (χ0v) is 13.4. The fourth-order valence-corrected chi connectivity index (χ4v) is 3.70. The summed E-state index contributed by atoms with van der Waals surface area (Å²) in [7, 11) is 0. The van der Waals surface area contributed by atoms with Crippen LogP contribution in [0.25, 0.3) is 11.1 Å². The van der Waals surface area contributed by atoms with E-state index in [9.17, 15) is 0 Å². The molecule has 21 heavy (non-hydrogen) atoms. The van der Waals surface area contributed by atoms with Crippen LogP contribution in [-0.2, 0) is 0 Å². The van der Waals surface area contributed by atoms with Crippen LogP contribution < -0.4 is 5.73 Å². The molecule has 0 bridgehead atoms. The lowest BCUT2D eigenvalue weighted by Crippen LogP contribution is -2.26. The maximum atomic E-state index is 6.13. The van der Waals surface area contributed by atoms with Crippen LogP contribution in [0.1, 0.15) is 51.1 Å². The third-order valence-electron chi connectivity index (χ3n) is 4.81. The van der Waals surface area contributed by atoms with Crippen LogP contribution in [0.4, 0.5) is 5.82 Å². The van der Waals surface area contributed by atoms with Gasteiger partial charge in [0.2, 0.25) is 0 Å². The molecule has 112 valence electrons. The molecule has 3 nitrogen and oxygen atoms in total. The first-order chi connectivity index (χ1) is 9.99. The van der Waals surface area contributed by atoms with Crippen LogP contribution in [0.15, 0.2) is 24.3 Å². The number of nitrogen functional groups attached to an aromatic ring is 1. The number of H-pyrrole nitrogens is 1. The van der Waals surface area contributed by atoms with Crippen molar-refractivity contribution in [3.63, 3.8) is 0 Å². The molecule has 0 radical (unpaired) electrons. The molecule has 0 amide bonds. The van der Waals surface area contributed by atoms with Crippen molar-refractivity contribution in [2.75, 3.05) is 5.73 Å². The number of nitrogens with zero attached hydrogens (tertiary/aromatic N) is 1. The van der Waals surface area contributed by atoms with E-state index in [0.29, 0.717) is 11.7 Å². The van der Waals surface area contributed by atoms with E-state index in [1.54, 1.807) is 0 Å². The van der Waals surface area contributed by atoms with E-state index in [1.165, 1.54) is 31.4 Å². The summed E-state index contributed by atoms with van der Waals surface area (Å²) >= 11 is 5.99. The molecule has 1 aliphatic rings. The van der Waals surface area contributed by atoms with Gasteiger partial charge in [-0.25, -0.2) is 0 Å². The summed E-state index contributed by atoms with van der Waals surface area (Å²) in [5.41, 5.74) is 9.72. The molecular weight excluding hydrogens is 282 g/mol. The maximum absolute atomic E-state index is 6.13. The average molecular weight is 304 g/mol. The Balaban J connectivity index is 2.06. The lowest BCUT2D eigenvalue weighted by atomic mass is 9.67. The van der Waals surface area contributed by atoms with Crippen LogP contribution in [0, 0.1) is 5.41 Å². The number of rotatable bonds is 2. The zero-order valence-electron chi connectivity index (χ0n) is 12.6. The van der Waals surface area contributed by atoms with Gasteiger partial charge in [-0.15, -0.1) is 0 Å². The molecule has 3 N–H and O–H groups in total. The minimum atomic E-state index is 0.276. The van der Waals surface area contributed by atoms with E-state index < -0.39 is 0 Å². The minimum Gasteiger partial charge on any atom is -0.382 e. The minimum absolute atomic E-state index is 0.276. The van der Waals surface area contributed by atoms with Crippen molar-refractivity contribution in [2.45, 2.75) is 45.4 Å². The Morgan fingerprint density at radius 2 is 1.95 bits per heavy atom. The molecule has 0 aliphatic heterocycles. The summed E-state index contributed by atoms with van der Waals surface area (Å²) in [4.78, 5) is 0. The van der Waals surface area contributed by atoms with Crippen LogP contribution >= 0.6 is 11.6 Å². The van der Waals surface area contributed by atoms with Crippen molar-refractivity contribution in [3.8, 4) is 11.1 Å². The molecule has 1 atom stereocenters. The molecule has 1 unspecified atom stereocenters. The van der Waals surface area contributed by atoms with Gasteiger partial charge in [0.05, 0.1) is 0 Å². The molecule has 1 fully saturated rings. The Kier molecular flexibility index (Phi) is 3.70. The zero-order chi connectivity index (χ0) is 15.0. The first-order valence-electron chi connectivity index (χ1n) is 7.59. The van der Waals surface area contributed by atoms with E-state index >= 15 is 0 Å². The maximum Gasteiger partial charge on any atom is 0.153 e. The Hall–Kier alpha value is -1.48. The lowest BCUT2D eigenvalue weighted by molar-refractivity contribution is 0.196. The summed E-state index contributed by atoms with van der Waals surface area (Å²) in [6.07, 6.45) is 5.02. The number of aromatic nitrogens is 2. The summed E-state index contributed by atoms with van der Waals surface area (Å²) < 4.78 is 0. The molecule has 4 heteroatoms. The lowest BCUT2D eigenvalue weighted by Gasteiger charge is -2.38. The van der Waals surface area contributed by atoms with Gasteiger partial charge in [0.25, 0.3) is 0 Å². The number of nitrogens with one attached hydrogen (secondary N) is 1. The van der Waals surface area contributed by atoms with Crippen LogP contribution in [0.5, 0.6) is 0 Å². The largest absolute Gasteiger partial charge is 0.382 e. The monoisotopic (exact) mass is 303 g/mol. The third-order valence-corrected chi connectivity index (χ3v) is 5.06. The van der Waals surface area contributed by atoms with Gasteiger partial charge < -0.3 is 5.73 Å². The van der Waals surface area contributed by atoms with E-state index in [2.05, 4.69) is 24.0 Å². The molecular formula is C17H22ClN3. The predicted molar refractivity (Wildman–Crippen MR) is 88.4 cm³/mol. The van der Waals surface area contributed by atoms with Crippen molar-refractivity contribution >= 4 is 17.4 Å². The molecule has 2 aromatic rings. The number of halogens is 1. The molecule has 1 aliphatic carbocycles. The molecule has 1 saturated carbocycles. The van der Waals surface area contributed by atoms with Gasteiger partial charge in [0.15, 0.2) is 5.82 Å². The van der Waals surface area contributed by atoms with Gasteiger partial charge in [-0.3, -0.25) is 5.10 Å². The van der Waals surface area contributed by atoms with Gasteiger partial charge in [0, 0.05) is 22.2 Å². The number of benzene rings is 1. The third kappa shape index (κ3) is 2.67. The SMILES string of the molecule is CC1(C)CCCCC1c1[nH]nc(N)c1-c1ccc(Cl)cc1. The normalized spacial score (nSPS) is 21.4. The second-order valence-electron chi connectivity index (χ2n) is 6.69. The van der Waals surface area contributed by atoms with Crippen LogP contribution in [0.3, 0.4) is 0 Å². The van der Waals surface area contributed by atoms with Crippen LogP contribution in [0.2, 0.25) is 5.02 Å². The first-order valence-corrected chi connectivity index (χ1v) is 7.96. The molecule has 3 rings (SSSR count). The Morgan fingerprint density at radius 1 is 1.24 bits per heavy atom. The number of aromatic amines is 1. The summed E-state index contributed by atoms with van der Waals surface area (Å²) in [5.74, 6) is 1.05. The Labute approximate surface area is 130 Å². The highest BCUT2D eigenvalue weighted by Gasteiger charge is 2.36. The standard InChI is InChI=1S/C17H22ClN3/c1-17(2)10-4-3-5-13(17)15-14(16(19)21-20-15)11-6-8-12(18)9-7-11/h6-9,13H,3-5,10H2,1-2H3,(H3,19,20,21). The van der Waals surface area contributed by atoms with Crippen molar-refractivity contribution < 1.29 is 0 Å². The molecule has 1 aromatic heterocycles. The van der Waals surface area contributed by atoms with Crippen molar-refractivity contribution in [2.24, 2.45) is 5.41 Å². The first kappa shape index (κ1) is 14.5. The van der Waals surface area contributed by atoms with Crippen LogP contribution in [-0.4, -0.2) is 10.2 Å². The highest BCUT2D eigenvalue weighted by molar-refractivity contribution is 6.30. The topological polar surface area (TPSA) is 54.7 Å². The highest BCUT2D eigenvalue weighted by atomic mass is 35.5. The van der Waals surface area contributed by atoms with E-state index in [0.717, 1.165) is 16.1 Å². The van der Waals surface area contributed by atoms with Gasteiger partial charge in [-0.2, -0.15) is 5.10 Å². The fraction of sp³-hybridized carbons (Fsp3) is 0.471. The predicted octanol–water partition coefficient (Wildman–Crippen LogP) is 5.00. The number of nitrogens with two attached hydrogens (primary N) is 1. The van der Waals surface area contributed by atoms with Crippen molar-refractivity contribution in [3.05, 3.63) is 35.0 Å². The number of anilines is 1. The van der Waals surface area contributed by atoms with E-state index in [-0.39, 0.29) is 5.41 Å². The number of hydrogen-bond acceptors (Lipinski definition) is 2. The van der Waals surface area contributed by atoms with E-state index in [4.69, 9.17) is 17.3 Å². The quantitative estimate of drug-likeness (QED) is 0.820. The molecule has 0 saturated heterocycles. The second-order valence-corrected chi connectivity index (χ2v) is 7.13. The highest BCUT2D eigenvalue weighted by Crippen LogP contribution is 2.49. The van der Waals surface area contributed by atoms with Crippen molar-refractivity contribution in [1.82, 2.24) is 10.2 Å². The van der Waals surface area contributed by atoms with Crippen molar-refractivity contribution in [1.29, 1.82) is 0 Å². The number of hydrogen-bond donors (Lipinski definition) is 2.